The van der Waals surface area contributed by atoms with E-state index < -0.39 is 0 Å². The molecule has 0 saturated carbocycles. The molecule has 0 spiro atoms. The number of amides is 1. The van der Waals surface area contributed by atoms with Crippen LogP contribution in [0.1, 0.15) is 22.3 Å². The van der Waals surface area contributed by atoms with Gasteiger partial charge in [-0.05, 0) is 40.9 Å². The van der Waals surface area contributed by atoms with Crippen LogP contribution < -0.4 is 0 Å². The largest absolute Gasteiger partial charge is 0.337 e. The fourth-order valence-electron chi connectivity index (χ4n) is 1.89. The number of hydrogen-bond acceptors (Lipinski definition) is 1. The molecular formula is C12H13Br2NO. The molecular weight excluding hydrogens is 334 g/mol. The SMILES string of the molecule is Cc1cccc(C(=O)N2CCC(Br)C2)c1Br. The molecule has 1 aliphatic rings. The van der Waals surface area contributed by atoms with E-state index in [1.54, 1.807) is 0 Å². The van der Waals surface area contributed by atoms with Crippen molar-refractivity contribution in [1.82, 2.24) is 4.90 Å². The van der Waals surface area contributed by atoms with Gasteiger partial charge in [0.15, 0.2) is 0 Å². The van der Waals surface area contributed by atoms with Crippen molar-refractivity contribution in [2.75, 3.05) is 13.1 Å². The highest BCUT2D eigenvalue weighted by Gasteiger charge is 2.26. The first-order chi connectivity index (χ1) is 7.59. The van der Waals surface area contributed by atoms with Crippen LogP contribution in [0.4, 0.5) is 0 Å². The number of likely N-dealkylation sites (tertiary alicyclic amines) is 1. The van der Waals surface area contributed by atoms with Gasteiger partial charge in [-0.25, -0.2) is 0 Å². The van der Waals surface area contributed by atoms with Gasteiger partial charge in [0.05, 0.1) is 5.56 Å². The van der Waals surface area contributed by atoms with Crippen LogP contribution in [0.15, 0.2) is 22.7 Å². The molecule has 16 heavy (non-hydrogen) atoms. The highest BCUT2D eigenvalue weighted by atomic mass is 79.9. The first kappa shape index (κ1) is 12.1. The van der Waals surface area contributed by atoms with E-state index in [1.807, 2.05) is 30.0 Å². The van der Waals surface area contributed by atoms with Crippen molar-refractivity contribution >= 4 is 37.8 Å². The highest BCUT2D eigenvalue weighted by molar-refractivity contribution is 9.10. The Kier molecular flexibility index (Phi) is 3.70. The Morgan fingerprint density at radius 3 is 2.88 bits per heavy atom. The maximum absolute atomic E-state index is 12.2. The van der Waals surface area contributed by atoms with Crippen LogP contribution in [0.5, 0.6) is 0 Å². The van der Waals surface area contributed by atoms with Gasteiger partial charge in [0.1, 0.15) is 0 Å². The summed E-state index contributed by atoms with van der Waals surface area (Å²) in [6.45, 7) is 3.65. The predicted molar refractivity (Wildman–Crippen MR) is 72.1 cm³/mol. The van der Waals surface area contributed by atoms with E-state index in [2.05, 4.69) is 31.9 Å². The molecule has 0 N–H and O–H groups in total. The van der Waals surface area contributed by atoms with Crippen LogP contribution in [0.2, 0.25) is 0 Å². The lowest BCUT2D eigenvalue weighted by atomic mass is 10.1. The highest BCUT2D eigenvalue weighted by Crippen LogP contribution is 2.25. The van der Waals surface area contributed by atoms with Crippen molar-refractivity contribution in [3.8, 4) is 0 Å². The van der Waals surface area contributed by atoms with Crippen LogP contribution >= 0.6 is 31.9 Å². The number of nitrogens with zero attached hydrogens (tertiary/aromatic N) is 1. The van der Waals surface area contributed by atoms with E-state index in [0.29, 0.717) is 4.83 Å². The Balaban J connectivity index is 2.24. The number of halogens is 2. The lowest BCUT2D eigenvalue weighted by Gasteiger charge is -2.17. The first-order valence-corrected chi connectivity index (χ1v) is 6.99. The molecule has 1 fully saturated rings. The first-order valence-electron chi connectivity index (χ1n) is 5.28. The lowest BCUT2D eigenvalue weighted by Crippen LogP contribution is -2.29. The summed E-state index contributed by atoms with van der Waals surface area (Å²) in [5.41, 5.74) is 1.86. The Morgan fingerprint density at radius 1 is 1.50 bits per heavy atom. The lowest BCUT2D eigenvalue weighted by molar-refractivity contribution is 0.0792. The molecule has 1 heterocycles. The van der Waals surface area contributed by atoms with Gasteiger partial charge >= 0.3 is 0 Å². The monoisotopic (exact) mass is 345 g/mol. The van der Waals surface area contributed by atoms with Crippen LogP contribution in [0.3, 0.4) is 0 Å². The Hall–Kier alpha value is -0.350. The zero-order chi connectivity index (χ0) is 11.7. The van der Waals surface area contributed by atoms with Gasteiger partial charge < -0.3 is 4.90 Å². The maximum Gasteiger partial charge on any atom is 0.255 e. The number of carbonyl (C=O) groups is 1. The van der Waals surface area contributed by atoms with Crippen molar-refractivity contribution in [3.63, 3.8) is 0 Å². The van der Waals surface area contributed by atoms with Crippen LogP contribution in [0.25, 0.3) is 0 Å². The summed E-state index contributed by atoms with van der Waals surface area (Å²) < 4.78 is 0.915. The smallest absolute Gasteiger partial charge is 0.255 e. The van der Waals surface area contributed by atoms with Gasteiger partial charge in [0, 0.05) is 22.4 Å². The van der Waals surface area contributed by atoms with Crippen LogP contribution in [-0.2, 0) is 0 Å². The van der Waals surface area contributed by atoms with Gasteiger partial charge in [-0.3, -0.25) is 4.79 Å². The molecule has 1 aromatic carbocycles. The molecule has 86 valence electrons. The molecule has 1 atom stereocenters. The molecule has 1 amide bonds. The molecule has 0 aromatic heterocycles. The molecule has 1 aromatic rings. The minimum Gasteiger partial charge on any atom is -0.337 e. The summed E-state index contributed by atoms with van der Waals surface area (Å²) in [7, 11) is 0. The number of rotatable bonds is 1. The Bertz CT molecular complexity index is 419. The zero-order valence-corrected chi connectivity index (χ0v) is 12.2. The molecule has 0 radical (unpaired) electrons. The van der Waals surface area contributed by atoms with E-state index >= 15 is 0 Å². The van der Waals surface area contributed by atoms with Crippen molar-refractivity contribution in [2.45, 2.75) is 18.2 Å². The Labute approximate surface area is 112 Å². The number of hydrogen-bond donors (Lipinski definition) is 0. The topological polar surface area (TPSA) is 20.3 Å². The summed E-state index contributed by atoms with van der Waals surface area (Å²) in [6, 6.07) is 5.80. The third-order valence-electron chi connectivity index (χ3n) is 2.84. The van der Waals surface area contributed by atoms with E-state index in [4.69, 9.17) is 0 Å². The fraction of sp³-hybridized carbons (Fsp3) is 0.417. The predicted octanol–water partition coefficient (Wildman–Crippen LogP) is 3.37. The maximum atomic E-state index is 12.2. The summed E-state index contributed by atoms with van der Waals surface area (Å²) in [5, 5.41) is 0. The van der Waals surface area contributed by atoms with Gasteiger partial charge in [-0.15, -0.1) is 0 Å². The van der Waals surface area contributed by atoms with E-state index in [9.17, 15) is 4.79 Å². The van der Waals surface area contributed by atoms with Gasteiger partial charge in [-0.2, -0.15) is 0 Å². The van der Waals surface area contributed by atoms with E-state index in [-0.39, 0.29) is 5.91 Å². The van der Waals surface area contributed by atoms with E-state index in [0.717, 1.165) is 35.1 Å². The second-order valence-corrected chi connectivity index (χ2v) is 6.16. The van der Waals surface area contributed by atoms with Gasteiger partial charge in [0.25, 0.3) is 5.91 Å². The standard InChI is InChI=1S/C12H13Br2NO/c1-8-3-2-4-10(11(8)14)12(16)15-6-5-9(13)7-15/h2-4,9H,5-7H2,1H3. The molecule has 1 aliphatic heterocycles. The van der Waals surface area contributed by atoms with Crippen molar-refractivity contribution < 1.29 is 4.79 Å². The second-order valence-electron chi connectivity index (χ2n) is 4.07. The minimum absolute atomic E-state index is 0.123. The van der Waals surface area contributed by atoms with Crippen molar-refractivity contribution in [1.29, 1.82) is 0 Å². The number of alkyl halides is 1. The average Bonchev–Trinajstić information content (AvgIpc) is 2.68. The minimum atomic E-state index is 0.123. The second kappa shape index (κ2) is 4.88. The van der Waals surface area contributed by atoms with Crippen molar-refractivity contribution in [2.24, 2.45) is 0 Å². The van der Waals surface area contributed by atoms with Gasteiger partial charge in [-0.1, -0.05) is 28.1 Å². The molecule has 1 saturated heterocycles. The molecule has 1 unspecified atom stereocenters. The van der Waals surface area contributed by atoms with Crippen LogP contribution in [0, 0.1) is 6.92 Å². The quantitative estimate of drug-likeness (QED) is 0.714. The fourth-order valence-corrected chi connectivity index (χ4v) is 2.87. The number of aryl methyl sites for hydroxylation is 1. The van der Waals surface area contributed by atoms with Crippen molar-refractivity contribution in [3.05, 3.63) is 33.8 Å². The number of carbonyl (C=O) groups excluding carboxylic acids is 1. The van der Waals surface area contributed by atoms with E-state index in [1.165, 1.54) is 0 Å². The van der Waals surface area contributed by atoms with Crippen LogP contribution in [-0.4, -0.2) is 28.7 Å². The molecule has 0 aliphatic carbocycles. The summed E-state index contributed by atoms with van der Waals surface area (Å²) in [4.78, 5) is 14.6. The Morgan fingerprint density at radius 2 is 2.25 bits per heavy atom. The average molecular weight is 347 g/mol. The molecule has 2 rings (SSSR count). The molecule has 0 bridgehead atoms. The molecule has 4 heteroatoms. The zero-order valence-electron chi connectivity index (χ0n) is 9.04. The summed E-state index contributed by atoms with van der Waals surface area (Å²) >= 11 is 7.03. The number of benzene rings is 1. The third kappa shape index (κ3) is 2.33. The summed E-state index contributed by atoms with van der Waals surface area (Å²) in [5.74, 6) is 0.123. The molecule has 2 nitrogen and oxygen atoms in total. The van der Waals surface area contributed by atoms with Gasteiger partial charge in [0.2, 0.25) is 0 Å². The normalized spacial score (nSPS) is 20.2. The third-order valence-corrected chi connectivity index (χ3v) is 4.64. The summed E-state index contributed by atoms with van der Waals surface area (Å²) in [6.07, 6.45) is 1.04.